The third-order valence-electron chi connectivity index (χ3n) is 2.92. The third kappa shape index (κ3) is 6.16. The summed E-state index contributed by atoms with van der Waals surface area (Å²) in [5.41, 5.74) is 1.22. The Bertz CT molecular complexity index is 371. The molecule has 1 atom stereocenters. The first-order valence-electron chi connectivity index (χ1n) is 7.14. The first kappa shape index (κ1) is 17.3. The molecule has 0 heterocycles. The minimum atomic E-state index is 0.317. The second kappa shape index (κ2) is 10.1. The molecule has 1 aromatic rings. The van der Waals surface area contributed by atoms with Crippen LogP contribution in [0.25, 0.3) is 0 Å². The molecule has 114 valence electrons. The van der Waals surface area contributed by atoms with Crippen molar-refractivity contribution in [1.29, 1.82) is 0 Å². The van der Waals surface area contributed by atoms with Crippen molar-refractivity contribution in [1.82, 2.24) is 5.32 Å². The average molecular weight is 297 g/mol. The summed E-state index contributed by atoms with van der Waals surface area (Å²) in [6.45, 7) is 5.70. The number of ether oxygens (including phenoxy) is 2. The Hall–Kier alpha value is -0.710. The van der Waals surface area contributed by atoms with Gasteiger partial charge in [0, 0.05) is 24.5 Å². The van der Waals surface area contributed by atoms with Crippen LogP contribution in [-0.4, -0.2) is 38.9 Å². The first-order chi connectivity index (χ1) is 9.69. The molecule has 1 unspecified atom stereocenters. The lowest BCUT2D eigenvalue weighted by Crippen LogP contribution is -2.20. The van der Waals surface area contributed by atoms with E-state index in [2.05, 4.69) is 31.3 Å². The predicted octanol–water partition coefficient (Wildman–Crippen LogP) is 3.36. The van der Waals surface area contributed by atoms with Crippen molar-refractivity contribution in [3.8, 4) is 5.75 Å². The summed E-state index contributed by atoms with van der Waals surface area (Å²) in [5, 5.41) is 3.39. The second-order valence-corrected chi connectivity index (χ2v) is 6.23. The molecule has 0 aliphatic carbocycles. The van der Waals surface area contributed by atoms with Crippen molar-refractivity contribution < 1.29 is 9.47 Å². The molecule has 0 aliphatic rings. The fourth-order valence-electron chi connectivity index (χ4n) is 1.89. The lowest BCUT2D eigenvalue weighted by molar-refractivity contribution is 0.145. The molecule has 20 heavy (non-hydrogen) atoms. The van der Waals surface area contributed by atoms with Gasteiger partial charge in [0.2, 0.25) is 0 Å². The van der Waals surface area contributed by atoms with Crippen LogP contribution in [0.2, 0.25) is 0 Å². The van der Waals surface area contributed by atoms with Gasteiger partial charge in [0.15, 0.2) is 0 Å². The number of para-hydroxylation sites is 1. The molecular weight excluding hydrogens is 270 g/mol. The maximum absolute atomic E-state index is 5.81. The van der Waals surface area contributed by atoms with Crippen LogP contribution >= 0.6 is 11.8 Å². The van der Waals surface area contributed by atoms with Gasteiger partial charge >= 0.3 is 0 Å². The van der Waals surface area contributed by atoms with E-state index >= 15 is 0 Å². The summed E-state index contributed by atoms with van der Waals surface area (Å²) >= 11 is 1.98. The van der Waals surface area contributed by atoms with Gasteiger partial charge in [0.1, 0.15) is 12.4 Å². The van der Waals surface area contributed by atoms with E-state index in [9.17, 15) is 0 Å². The van der Waals surface area contributed by atoms with E-state index in [-0.39, 0.29) is 0 Å². The molecule has 0 fully saturated rings. The Labute approximate surface area is 127 Å². The normalized spacial score (nSPS) is 12.7. The predicted molar refractivity (Wildman–Crippen MR) is 87.8 cm³/mol. The Morgan fingerprint density at radius 2 is 1.90 bits per heavy atom. The number of rotatable bonds is 10. The highest BCUT2D eigenvalue weighted by Crippen LogP contribution is 2.27. The van der Waals surface area contributed by atoms with Crippen molar-refractivity contribution in [2.45, 2.75) is 19.9 Å². The van der Waals surface area contributed by atoms with Crippen molar-refractivity contribution in [2.24, 2.45) is 5.92 Å². The highest BCUT2D eigenvalue weighted by atomic mass is 32.2. The first-order valence-corrected chi connectivity index (χ1v) is 8.30. The van der Waals surface area contributed by atoms with Crippen molar-refractivity contribution in [2.75, 3.05) is 38.9 Å². The van der Waals surface area contributed by atoms with Gasteiger partial charge < -0.3 is 14.8 Å². The fraction of sp³-hybridized carbons (Fsp3) is 0.625. The maximum Gasteiger partial charge on any atom is 0.124 e. The molecule has 0 spiro atoms. The Kier molecular flexibility index (Phi) is 8.74. The molecule has 1 aromatic carbocycles. The van der Waals surface area contributed by atoms with E-state index < -0.39 is 0 Å². The zero-order valence-electron chi connectivity index (χ0n) is 13.0. The Morgan fingerprint density at radius 3 is 2.55 bits per heavy atom. The van der Waals surface area contributed by atoms with Gasteiger partial charge in [-0.1, -0.05) is 32.0 Å². The van der Waals surface area contributed by atoms with Crippen molar-refractivity contribution in [3.63, 3.8) is 0 Å². The SMILES string of the molecule is CNC(CSCC(C)C)c1ccccc1OCCOC. The summed E-state index contributed by atoms with van der Waals surface area (Å²) in [5.74, 6) is 3.92. The molecule has 3 nitrogen and oxygen atoms in total. The van der Waals surface area contributed by atoms with Crippen LogP contribution in [0.1, 0.15) is 25.5 Å². The maximum atomic E-state index is 5.81. The summed E-state index contributed by atoms with van der Waals surface area (Å²) in [6.07, 6.45) is 0. The Balaban J connectivity index is 2.65. The lowest BCUT2D eigenvalue weighted by atomic mass is 10.1. The van der Waals surface area contributed by atoms with E-state index in [0.29, 0.717) is 19.3 Å². The van der Waals surface area contributed by atoms with Gasteiger partial charge in [0.25, 0.3) is 0 Å². The number of hydrogen-bond acceptors (Lipinski definition) is 4. The van der Waals surface area contributed by atoms with Crippen LogP contribution < -0.4 is 10.1 Å². The molecule has 0 aliphatic heterocycles. The molecule has 0 saturated carbocycles. The van der Waals surface area contributed by atoms with Crippen molar-refractivity contribution in [3.05, 3.63) is 29.8 Å². The van der Waals surface area contributed by atoms with E-state index in [4.69, 9.17) is 9.47 Å². The monoisotopic (exact) mass is 297 g/mol. The summed E-state index contributed by atoms with van der Waals surface area (Å²) in [6, 6.07) is 8.56. The van der Waals surface area contributed by atoms with Gasteiger partial charge in [-0.15, -0.1) is 0 Å². The molecule has 0 saturated heterocycles. The standard InChI is InChI=1S/C16H27NO2S/c1-13(2)11-20-12-15(17-3)14-7-5-6-8-16(14)19-10-9-18-4/h5-8,13,15,17H,9-12H2,1-4H3. The number of hydrogen-bond donors (Lipinski definition) is 1. The zero-order chi connectivity index (χ0) is 14.8. The smallest absolute Gasteiger partial charge is 0.124 e. The van der Waals surface area contributed by atoms with E-state index in [1.165, 1.54) is 11.3 Å². The highest BCUT2D eigenvalue weighted by molar-refractivity contribution is 7.99. The van der Waals surface area contributed by atoms with Crippen LogP contribution in [-0.2, 0) is 4.74 Å². The van der Waals surface area contributed by atoms with Gasteiger partial charge in [0.05, 0.1) is 6.61 Å². The van der Waals surface area contributed by atoms with Gasteiger partial charge in [-0.25, -0.2) is 0 Å². The molecular formula is C16H27NO2S. The number of methoxy groups -OCH3 is 1. The van der Waals surface area contributed by atoms with Gasteiger partial charge in [-0.3, -0.25) is 0 Å². The molecule has 0 amide bonds. The second-order valence-electron chi connectivity index (χ2n) is 5.15. The average Bonchev–Trinajstić information content (AvgIpc) is 2.44. The highest BCUT2D eigenvalue weighted by Gasteiger charge is 2.14. The van der Waals surface area contributed by atoms with Crippen LogP contribution in [0.3, 0.4) is 0 Å². The largest absolute Gasteiger partial charge is 0.491 e. The third-order valence-corrected chi connectivity index (χ3v) is 4.40. The molecule has 4 heteroatoms. The minimum absolute atomic E-state index is 0.317. The van der Waals surface area contributed by atoms with Crippen LogP contribution in [0, 0.1) is 5.92 Å². The van der Waals surface area contributed by atoms with Gasteiger partial charge in [-0.2, -0.15) is 11.8 Å². The molecule has 0 aromatic heterocycles. The summed E-state index contributed by atoms with van der Waals surface area (Å²) in [4.78, 5) is 0. The molecule has 0 bridgehead atoms. The van der Waals surface area contributed by atoms with Crippen LogP contribution in [0.5, 0.6) is 5.75 Å². The summed E-state index contributed by atoms with van der Waals surface area (Å²) in [7, 11) is 3.70. The molecule has 0 radical (unpaired) electrons. The topological polar surface area (TPSA) is 30.5 Å². The lowest BCUT2D eigenvalue weighted by Gasteiger charge is -2.20. The number of thioether (sulfide) groups is 1. The minimum Gasteiger partial charge on any atom is -0.491 e. The zero-order valence-corrected chi connectivity index (χ0v) is 13.8. The number of benzene rings is 1. The fourth-order valence-corrected chi connectivity index (χ4v) is 3.07. The van der Waals surface area contributed by atoms with Crippen molar-refractivity contribution >= 4 is 11.8 Å². The molecule has 1 N–H and O–H groups in total. The van der Waals surface area contributed by atoms with Crippen LogP contribution in [0.15, 0.2) is 24.3 Å². The van der Waals surface area contributed by atoms with Crippen LogP contribution in [0.4, 0.5) is 0 Å². The molecule has 1 rings (SSSR count). The van der Waals surface area contributed by atoms with Gasteiger partial charge in [-0.05, 0) is 24.8 Å². The quantitative estimate of drug-likeness (QED) is 0.671. The van der Waals surface area contributed by atoms with E-state index in [1.807, 2.05) is 30.9 Å². The van der Waals surface area contributed by atoms with E-state index in [1.54, 1.807) is 7.11 Å². The summed E-state index contributed by atoms with van der Waals surface area (Å²) < 4.78 is 10.9. The van der Waals surface area contributed by atoms with E-state index in [0.717, 1.165) is 17.4 Å². The number of nitrogens with one attached hydrogen (secondary N) is 1. The Morgan fingerprint density at radius 1 is 1.15 bits per heavy atom.